The molecule has 148 valence electrons. The maximum Gasteiger partial charge on any atom is 0.189 e. The van der Waals surface area contributed by atoms with Gasteiger partial charge in [-0.15, -0.1) is 0 Å². The standard InChI is InChI=1S/C22H25F2N3O/c1-4-28-21-10-14(2)20(13-26(21)3)27-9-8-18-15(12-27)11-19(25-18)22-16(23)6-5-7-17(22)24/h5-7,10-11,25H,4,8-9,12-13H2,1-3H3. The SMILES string of the molecule is CCOC1=CC(C)=C(N2CCc3[nH]c(-c4c(F)cccc4F)cc3C2)CN1C. The van der Waals surface area contributed by atoms with Gasteiger partial charge in [-0.05, 0) is 43.2 Å². The van der Waals surface area contributed by atoms with Gasteiger partial charge in [-0.1, -0.05) is 6.07 Å². The second-order valence-corrected chi connectivity index (χ2v) is 7.36. The van der Waals surface area contributed by atoms with Crippen molar-refractivity contribution in [1.82, 2.24) is 14.8 Å². The van der Waals surface area contributed by atoms with Gasteiger partial charge in [0.05, 0.1) is 24.4 Å². The van der Waals surface area contributed by atoms with E-state index in [1.54, 1.807) is 0 Å². The molecule has 1 aromatic carbocycles. The van der Waals surface area contributed by atoms with E-state index in [0.29, 0.717) is 12.3 Å². The summed E-state index contributed by atoms with van der Waals surface area (Å²) in [5.41, 5.74) is 5.12. The Labute approximate surface area is 164 Å². The first-order chi connectivity index (χ1) is 13.5. The maximum absolute atomic E-state index is 14.2. The summed E-state index contributed by atoms with van der Waals surface area (Å²) in [5, 5.41) is 0. The van der Waals surface area contributed by atoms with E-state index < -0.39 is 11.6 Å². The van der Waals surface area contributed by atoms with Gasteiger partial charge in [-0.3, -0.25) is 0 Å². The third-order valence-corrected chi connectivity index (χ3v) is 5.45. The molecule has 2 aliphatic heterocycles. The Morgan fingerprint density at radius 1 is 1.18 bits per heavy atom. The maximum atomic E-state index is 14.2. The molecule has 4 nitrogen and oxygen atoms in total. The Balaban J connectivity index is 1.61. The van der Waals surface area contributed by atoms with Crippen LogP contribution in [0.1, 0.15) is 25.1 Å². The van der Waals surface area contributed by atoms with Crippen molar-refractivity contribution in [3.63, 3.8) is 0 Å². The molecule has 2 aromatic rings. The van der Waals surface area contributed by atoms with Gasteiger partial charge in [-0.25, -0.2) is 8.78 Å². The number of ether oxygens (including phenoxy) is 1. The Bertz CT molecular complexity index is 940. The number of aromatic amines is 1. The van der Waals surface area contributed by atoms with Crippen LogP contribution in [0.25, 0.3) is 11.3 Å². The molecule has 1 N–H and O–H groups in total. The Morgan fingerprint density at radius 2 is 1.93 bits per heavy atom. The summed E-state index contributed by atoms with van der Waals surface area (Å²) in [6, 6.07) is 5.85. The topological polar surface area (TPSA) is 31.5 Å². The number of hydrogen-bond acceptors (Lipinski definition) is 3. The number of aromatic nitrogens is 1. The van der Waals surface area contributed by atoms with Crippen LogP contribution in [-0.4, -0.2) is 41.5 Å². The van der Waals surface area contributed by atoms with Gasteiger partial charge in [0, 0.05) is 44.0 Å². The number of nitrogens with one attached hydrogen (secondary N) is 1. The molecule has 28 heavy (non-hydrogen) atoms. The number of likely N-dealkylation sites (N-methyl/N-ethyl adjacent to an activating group) is 1. The van der Waals surface area contributed by atoms with Crippen LogP contribution in [0.5, 0.6) is 0 Å². The third kappa shape index (κ3) is 3.28. The molecule has 0 saturated heterocycles. The second kappa shape index (κ2) is 7.34. The van der Waals surface area contributed by atoms with Crippen LogP contribution in [0.15, 0.2) is 47.5 Å². The highest BCUT2D eigenvalue weighted by atomic mass is 19.1. The van der Waals surface area contributed by atoms with Crippen molar-refractivity contribution in [3.05, 3.63) is 70.4 Å². The van der Waals surface area contributed by atoms with E-state index in [-0.39, 0.29) is 5.56 Å². The first-order valence-corrected chi connectivity index (χ1v) is 9.63. The van der Waals surface area contributed by atoms with Gasteiger partial charge in [-0.2, -0.15) is 0 Å². The van der Waals surface area contributed by atoms with Crippen molar-refractivity contribution in [1.29, 1.82) is 0 Å². The van der Waals surface area contributed by atoms with Crippen molar-refractivity contribution in [2.45, 2.75) is 26.8 Å². The molecule has 4 rings (SSSR count). The summed E-state index contributed by atoms with van der Waals surface area (Å²) >= 11 is 0. The average molecular weight is 385 g/mol. The largest absolute Gasteiger partial charge is 0.479 e. The molecule has 0 spiro atoms. The van der Waals surface area contributed by atoms with Gasteiger partial charge in [0.1, 0.15) is 11.6 Å². The molecule has 3 heterocycles. The van der Waals surface area contributed by atoms with E-state index in [0.717, 1.165) is 43.2 Å². The summed E-state index contributed by atoms with van der Waals surface area (Å²) in [6.07, 6.45) is 2.89. The zero-order chi connectivity index (χ0) is 19.8. The second-order valence-electron chi connectivity index (χ2n) is 7.36. The lowest BCUT2D eigenvalue weighted by Gasteiger charge is -2.37. The Kier molecular flexibility index (Phi) is 4.87. The number of benzene rings is 1. The molecular weight excluding hydrogens is 360 g/mol. The fourth-order valence-corrected chi connectivity index (χ4v) is 4.01. The molecule has 1 aromatic heterocycles. The first kappa shape index (κ1) is 18.6. The Hall–Kier alpha value is -2.76. The number of fused-ring (bicyclic) bond motifs is 1. The average Bonchev–Trinajstić information content (AvgIpc) is 3.07. The minimum atomic E-state index is -0.545. The smallest absolute Gasteiger partial charge is 0.189 e. The van der Waals surface area contributed by atoms with Crippen molar-refractivity contribution >= 4 is 0 Å². The number of nitrogens with zero attached hydrogens (tertiary/aromatic N) is 2. The number of H-pyrrole nitrogens is 1. The van der Waals surface area contributed by atoms with E-state index in [2.05, 4.69) is 27.8 Å². The van der Waals surface area contributed by atoms with E-state index in [1.165, 1.54) is 29.5 Å². The molecule has 0 saturated carbocycles. The van der Waals surface area contributed by atoms with Gasteiger partial charge in [0.25, 0.3) is 0 Å². The minimum absolute atomic E-state index is 0.0144. The number of hydrogen-bond donors (Lipinski definition) is 1. The molecule has 0 radical (unpaired) electrons. The lowest BCUT2D eigenvalue weighted by atomic mass is 10.0. The summed E-state index contributed by atoms with van der Waals surface area (Å²) in [7, 11) is 2.03. The van der Waals surface area contributed by atoms with E-state index >= 15 is 0 Å². The third-order valence-electron chi connectivity index (χ3n) is 5.45. The zero-order valence-corrected chi connectivity index (χ0v) is 16.5. The molecule has 0 fully saturated rings. The molecular formula is C22H25F2N3O. The summed E-state index contributed by atoms with van der Waals surface area (Å²) < 4.78 is 34.0. The van der Waals surface area contributed by atoms with Crippen molar-refractivity contribution in [2.24, 2.45) is 0 Å². The van der Waals surface area contributed by atoms with Crippen LogP contribution in [0.3, 0.4) is 0 Å². The van der Waals surface area contributed by atoms with Gasteiger partial charge >= 0.3 is 0 Å². The number of rotatable bonds is 4. The number of halogens is 2. The van der Waals surface area contributed by atoms with Crippen molar-refractivity contribution in [3.8, 4) is 11.3 Å². The van der Waals surface area contributed by atoms with E-state index in [4.69, 9.17) is 4.74 Å². The summed E-state index contributed by atoms with van der Waals surface area (Å²) in [6.45, 7) is 7.10. The van der Waals surface area contributed by atoms with Crippen LogP contribution in [0.4, 0.5) is 8.78 Å². The molecule has 0 amide bonds. The van der Waals surface area contributed by atoms with Gasteiger partial charge < -0.3 is 19.5 Å². The molecule has 0 aliphatic carbocycles. The fraction of sp³-hybridized carbons (Fsp3) is 0.364. The predicted molar refractivity (Wildman–Crippen MR) is 105 cm³/mol. The molecule has 0 bridgehead atoms. The quantitative estimate of drug-likeness (QED) is 0.846. The van der Waals surface area contributed by atoms with E-state index in [9.17, 15) is 8.78 Å². The predicted octanol–water partition coefficient (Wildman–Crippen LogP) is 4.42. The van der Waals surface area contributed by atoms with Crippen molar-refractivity contribution < 1.29 is 13.5 Å². The molecule has 6 heteroatoms. The minimum Gasteiger partial charge on any atom is -0.479 e. The monoisotopic (exact) mass is 385 g/mol. The van der Waals surface area contributed by atoms with Crippen LogP contribution in [0.2, 0.25) is 0 Å². The van der Waals surface area contributed by atoms with Crippen LogP contribution >= 0.6 is 0 Å². The van der Waals surface area contributed by atoms with Crippen LogP contribution < -0.4 is 0 Å². The fourth-order valence-electron chi connectivity index (χ4n) is 4.01. The van der Waals surface area contributed by atoms with Gasteiger partial charge in [0.15, 0.2) is 5.88 Å². The van der Waals surface area contributed by atoms with Gasteiger partial charge in [0.2, 0.25) is 0 Å². The highest BCUT2D eigenvalue weighted by Gasteiger charge is 2.26. The summed E-state index contributed by atoms with van der Waals surface area (Å²) in [4.78, 5) is 7.69. The highest BCUT2D eigenvalue weighted by Crippen LogP contribution is 2.32. The van der Waals surface area contributed by atoms with E-state index in [1.807, 2.05) is 20.0 Å². The molecule has 0 atom stereocenters. The molecule has 2 aliphatic rings. The van der Waals surface area contributed by atoms with Crippen molar-refractivity contribution in [2.75, 3.05) is 26.7 Å². The number of allylic oxidation sites excluding steroid dienone is 2. The first-order valence-electron chi connectivity index (χ1n) is 9.63. The normalized spacial score (nSPS) is 17.0. The lowest BCUT2D eigenvalue weighted by Crippen LogP contribution is -2.37. The molecule has 0 unspecified atom stereocenters. The summed E-state index contributed by atoms with van der Waals surface area (Å²) in [5.74, 6) is -0.201. The van der Waals surface area contributed by atoms with Crippen LogP contribution in [0, 0.1) is 11.6 Å². The lowest BCUT2D eigenvalue weighted by molar-refractivity contribution is 0.131. The Morgan fingerprint density at radius 3 is 2.64 bits per heavy atom. The highest BCUT2D eigenvalue weighted by molar-refractivity contribution is 5.63. The van der Waals surface area contributed by atoms with Crippen LogP contribution in [-0.2, 0) is 17.7 Å². The zero-order valence-electron chi connectivity index (χ0n) is 16.5.